The molecular formula is C21H19F3N4O3. The average molecular weight is 432 g/mol. The summed E-state index contributed by atoms with van der Waals surface area (Å²) in [6, 6.07) is 21.2. The van der Waals surface area contributed by atoms with Crippen molar-refractivity contribution in [2.75, 3.05) is 5.32 Å². The predicted molar refractivity (Wildman–Crippen MR) is 112 cm³/mol. The summed E-state index contributed by atoms with van der Waals surface area (Å²) in [6.07, 6.45) is -3.48. The van der Waals surface area contributed by atoms with Crippen LogP contribution in [0.15, 0.2) is 71.8 Å². The van der Waals surface area contributed by atoms with Gasteiger partial charge in [0.05, 0.1) is 6.21 Å². The van der Waals surface area contributed by atoms with Crippen LogP contribution in [-0.2, 0) is 11.3 Å². The molecule has 0 radical (unpaired) electrons. The van der Waals surface area contributed by atoms with Gasteiger partial charge in [-0.3, -0.25) is 0 Å². The van der Waals surface area contributed by atoms with Gasteiger partial charge >= 0.3 is 18.2 Å². The molecule has 0 aliphatic heterocycles. The first-order valence-electron chi connectivity index (χ1n) is 8.85. The Morgan fingerprint density at radius 1 is 1.00 bits per heavy atom. The standard InChI is InChI=1S/C19H18N4O.C2HF3O2/c20-22-13-15-6-7-17-11-18(9-8-16(17)10-15)23-19(24)21-12-14-4-2-1-3-5-14;3-2(4,5)1(6)7/h1-11,13H,12,20H2,(H2,21,23,24);(H,6,7). The minimum absolute atomic E-state index is 0.231. The Morgan fingerprint density at radius 2 is 1.61 bits per heavy atom. The number of hydrogen-bond acceptors (Lipinski definition) is 4. The van der Waals surface area contributed by atoms with E-state index in [1.54, 1.807) is 6.21 Å². The molecule has 0 saturated heterocycles. The van der Waals surface area contributed by atoms with Gasteiger partial charge in [-0.15, -0.1) is 0 Å². The number of halogens is 3. The van der Waals surface area contributed by atoms with E-state index in [0.29, 0.717) is 6.54 Å². The molecule has 0 fully saturated rings. The minimum Gasteiger partial charge on any atom is -0.475 e. The summed E-state index contributed by atoms with van der Waals surface area (Å²) < 4.78 is 31.7. The third kappa shape index (κ3) is 7.69. The molecule has 2 amide bonds. The molecule has 3 rings (SSSR count). The second kappa shape index (κ2) is 10.6. The number of amides is 2. The second-order valence-corrected chi connectivity index (χ2v) is 6.20. The SMILES string of the molecule is NN=Cc1ccc2cc(NC(=O)NCc3ccccc3)ccc2c1.O=C(O)C(F)(F)F. The summed E-state index contributed by atoms with van der Waals surface area (Å²) in [4.78, 5) is 20.9. The quantitative estimate of drug-likeness (QED) is 0.282. The van der Waals surface area contributed by atoms with Gasteiger partial charge in [-0.2, -0.15) is 18.3 Å². The van der Waals surface area contributed by atoms with Crippen molar-refractivity contribution in [3.8, 4) is 0 Å². The summed E-state index contributed by atoms with van der Waals surface area (Å²) in [5, 5.41) is 18.4. The van der Waals surface area contributed by atoms with Crippen LogP contribution in [0, 0.1) is 0 Å². The van der Waals surface area contributed by atoms with Crippen LogP contribution < -0.4 is 16.5 Å². The predicted octanol–water partition coefficient (Wildman–Crippen LogP) is 4.09. The molecular weight excluding hydrogens is 413 g/mol. The first kappa shape index (κ1) is 23.2. The van der Waals surface area contributed by atoms with Crippen LogP contribution in [0.3, 0.4) is 0 Å². The summed E-state index contributed by atoms with van der Waals surface area (Å²) in [7, 11) is 0. The maximum absolute atomic E-state index is 12.0. The number of carboxylic acids is 1. The molecule has 0 aromatic heterocycles. The molecule has 0 heterocycles. The third-order valence-corrected chi connectivity index (χ3v) is 3.88. The molecule has 0 aliphatic rings. The Kier molecular flexibility index (Phi) is 7.95. The number of carboxylic acid groups (broad SMARTS) is 1. The summed E-state index contributed by atoms with van der Waals surface area (Å²) in [6.45, 7) is 0.488. The number of fused-ring (bicyclic) bond motifs is 1. The van der Waals surface area contributed by atoms with Crippen molar-refractivity contribution in [2.24, 2.45) is 10.9 Å². The van der Waals surface area contributed by atoms with Crippen LogP contribution in [0.1, 0.15) is 11.1 Å². The van der Waals surface area contributed by atoms with Crippen LogP contribution in [0.2, 0.25) is 0 Å². The number of carbonyl (C=O) groups is 2. The zero-order valence-corrected chi connectivity index (χ0v) is 16.1. The highest BCUT2D eigenvalue weighted by atomic mass is 19.4. The molecule has 31 heavy (non-hydrogen) atoms. The van der Waals surface area contributed by atoms with Gasteiger partial charge in [-0.1, -0.05) is 48.5 Å². The first-order valence-corrected chi connectivity index (χ1v) is 8.85. The number of benzene rings is 3. The highest BCUT2D eigenvalue weighted by Crippen LogP contribution is 2.20. The Balaban J connectivity index is 0.000000423. The number of nitrogens with two attached hydrogens (primary N) is 1. The van der Waals surface area contributed by atoms with E-state index in [4.69, 9.17) is 15.7 Å². The van der Waals surface area contributed by atoms with Crippen molar-refractivity contribution in [1.82, 2.24) is 5.32 Å². The second-order valence-electron chi connectivity index (χ2n) is 6.20. The fourth-order valence-electron chi connectivity index (χ4n) is 2.46. The Labute approximate surface area is 175 Å². The molecule has 0 spiro atoms. The fourth-order valence-corrected chi connectivity index (χ4v) is 2.46. The summed E-state index contributed by atoms with van der Waals surface area (Å²) in [5.74, 6) is 2.41. The van der Waals surface area contributed by atoms with Crippen molar-refractivity contribution < 1.29 is 27.9 Å². The molecule has 3 aromatic carbocycles. The molecule has 0 bridgehead atoms. The number of hydrogen-bond donors (Lipinski definition) is 4. The van der Waals surface area contributed by atoms with Gasteiger partial charge in [0.15, 0.2) is 0 Å². The van der Waals surface area contributed by atoms with E-state index >= 15 is 0 Å². The van der Waals surface area contributed by atoms with Gasteiger partial charge in [-0.05, 0) is 40.1 Å². The Morgan fingerprint density at radius 3 is 2.23 bits per heavy atom. The number of carbonyl (C=O) groups excluding carboxylic acids is 1. The monoisotopic (exact) mass is 432 g/mol. The number of urea groups is 1. The molecule has 162 valence electrons. The van der Waals surface area contributed by atoms with E-state index in [2.05, 4.69) is 15.7 Å². The van der Waals surface area contributed by atoms with E-state index in [-0.39, 0.29) is 6.03 Å². The van der Waals surface area contributed by atoms with Crippen molar-refractivity contribution >= 4 is 34.7 Å². The lowest BCUT2D eigenvalue weighted by molar-refractivity contribution is -0.192. The fraction of sp³-hybridized carbons (Fsp3) is 0.0952. The number of nitrogens with one attached hydrogen (secondary N) is 2. The molecule has 0 aliphatic carbocycles. The van der Waals surface area contributed by atoms with Crippen LogP contribution in [0.5, 0.6) is 0 Å². The highest BCUT2D eigenvalue weighted by Gasteiger charge is 2.38. The van der Waals surface area contributed by atoms with Gasteiger partial charge in [-0.25, -0.2) is 9.59 Å². The van der Waals surface area contributed by atoms with Crippen molar-refractivity contribution in [1.29, 1.82) is 0 Å². The van der Waals surface area contributed by atoms with E-state index in [1.807, 2.05) is 66.7 Å². The summed E-state index contributed by atoms with van der Waals surface area (Å²) >= 11 is 0. The van der Waals surface area contributed by atoms with Gasteiger partial charge in [0.1, 0.15) is 0 Å². The zero-order chi connectivity index (χ0) is 22.9. The lowest BCUT2D eigenvalue weighted by Crippen LogP contribution is -2.28. The normalized spacial score (nSPS) is 10.9. The van der Waals surface area contributed by atoms with Gasteiger partial charge < -0.3 is 21.6 Å². The summed E-state index contributed by atoms with van der Waals surface area (Å²) in [5.41, 5.74) is 2.74. The number of nitrogens with zero attached hydrogens (tertiary/aromatic N) is 1. The smallest absolute Gasteiger partial charge is 0.475 e. The minimum atomic E-state index is -5.08. The molecule has 5 N–H and O–H groups in total. The molecule has 0 unspecified atom stereocenters. The number of rotatable bonds is 4. The van der Waals surface area contributed by atoms with Gasteiger partial charge in [0.2, 0.25) is 0 Å². The Bertz CT molecular complexity index is 1070. The van der Waals surface area contributed by atoms with Crippen LogP contribution >= 0.6 is 0 Å². The van der Waals surface area contributed by atoms with Gasteiger partial charge in [0.25, 0.3) is 0 Å². The van der Waals surface area contributed by atoms with E-state index in [1.165, 1.54) is 0 Å². The van der Waals surface area contributed by atoms with Crippen LogP contribution in [0.25, 0.3) is 10.8 Å². The number of aliphatic carboxylic acids is 1. The maximum Gasteiger partial charge on any atom is 0.490 e. The van der Waals surface area contributed by atoms with E-state index in [9.17, 15) is 18.0 Å². The average Bonchev–Trinajstić information content (AvgIpc) is 2.73. The van der Waals surface area contributed by atoms with E-state index in [0.717, 1.165) is 27.6 Å². The molecule has 3 aromatic rings. The molecule has 10 heteroatoms. The molecule has 0 atom stereocenters. The molecule has 7 nitrogen and oxygen atoms in total. The van der Waals surface area contributed by atoms with Crippen LogP contribution in [-0.4, -0.2) is 29.5 Å². The van der Waals surface area contributed by atoms with Crippen molar-refractivity contribution in [2.45, 2.75) is 12.7 Å². The largest absolute Gasteiger partial charge is 0.490 e. The Hall–Kier alpha value is -4.08. The number of anilines is 1. The zero-order valence-electron chi connectivity index (χ0n) is 16.1. The van der Waals surface area contributed by atoms with Gasteiger partial charge in [0, 0.05) is 12.2 Å². The topological polar surface area (TPSA) is 117 Å². The maximum atomic E-state index is 12.0. The highest BCUT2D eigenvalue weighted by molar-refractivity contribution is 5.95. The van der Waals surface area contributed by atoms with Crippen molar-refractivity contribution in [3.63, 3.8) is 0 Å². The lowest BCUT2D eigenvalue weighted by atomic mass is 10.1. The molecule has 0 saturated carbocycles. The lowest BCUT2D eigenvalue weighted by Gasteiger charge is -2.09. The van der Waals surface area contributed by atoms with E-state index < -0.39 is 12.1 Å². The number of alkyl halides is 3. The number of hydrazone groups is 1. The third-order valence-electron chi connectivity index (χ3n) is 3.88. The van der Waals surface area contributed by atoms with Crippen LogP contribution in [0.4, 0.5) is 23.7 Å². The first-order chi connectivity index (χ1) is 14.7. The van der Waals surface area contributed by atoms with Crippen molar-refractivity contribution in [3.05, 3.63) is 77.9 Å².